The van der Waals surface area contributed by atoms with Gasteiger partial charge >= 0.3 is 0 Å². The van der Waals surface area contributed by atoms with Crippen molar-refractivity contribution in [3.63, 3.8) is 0 Å². The Hall–Kier alpha value is -1.29. The SMILES string of the molecule is COc1cc(NCC2(CO)CCCCC2)ccc1F. The number of methoxy groups -OCH3 is 1. The van der Waals surface area contributed by atoms with Crippen molar-refractivity contribution in [1.29, 1.82) is 0 Å². The molecule has 1 saturated carbocycles. The number of rotatable bonds is 5. The number of nitrogens with one attached hydrogen (secondary N) is 1. The molecule has 0 heterocycles. The first-order valence-electron chi connectivity index (χ1n) is 6.87. The standard InChI is InChI=1S/C15H22FNO2/c1-19-14-9-12(5-6-13(14)16)17-10-15(11-18)7-3-2-4-8-15/h5-6,9,17-18H,2-4,7-8,10-11H2,1H3. The molecule has 3 nitrogen and oxygen atoms in total. The van der Waals surface area contributed by atoms with E-state index in [1.807, 2.05) is 0 Å². The number of halogens is 1. The summed E-state index contributed by atoms with van der Waals surface area (Å²) in [7, 11) is 1.46. The van der Waals surface area contributed by atoms with Crippen molar-refractivity contribution in [2.24, 2.45) is 5.41 Å². The van der Waals surface area contributed by atoms with Crippen LogP contribution in [-0.4, -0.2) is 25.4 Å². The third kappa shape index (κ3) is 3.38. The molecule has 1 fully saturated rings. The molecular formula is C15H22FNO2. The Morgan fingerprint density at radius 3 is 2.68 bits per heavy atom. The highest BCUT2D eigenvalue weighted by atomic mass is 19.1. The average molecular weight is 267 g/mol. The average Bonchev–Trinajstić information content (AvgIpc) is 2.47. The number of hydrogen-bond donors (Lipinski definition) is 2. The number of aliphatic hydroxyl groups excluding tert-OH is 1. The van der Waals surface area contributed by atoms with E-state index in [9.17, 15) is 9.50 Å². The minimum atomic E-state index is -0.359. The maximum absolute atomic E-state index is 13.3. The molecule has 1 aliphatic rings. The molecule has 1 aliphatic carbocycles. The van der Waals surface area contributed by atoms with Gasteiger partial charge in [-0.1, -0.05) is 19.3 Å². The van der Waals surface area contributed by atoms with E-state index < -0.39 is 0 Å². The van der Waals surface area contributed by atoms with Crippen LogP contribution in [0.4, 0.5) is 10.1 Å². The van der Waals surface area contributed by atoms with Crippen molar-refractivity contribution in [3.05, 3.63) is 24.0 Å². The van der Waals surface area contributed by atoms with Gasteiger partial charge in [-0.2, -0.15) is 0 Å². The van der Waals surface area contributed by atoms with E-state index in [0.29, 0.717) is 0 Å². The number of hydrogen-bond acceptors (Lipinski definition) is 3. The van der Waals surface area contributed by atoms with Gasteiger partial charge < -0.3 is 15.2 Å². The van der Waals surface area contributed by atoms with Crippen LogP contribution in [0, 0.1) is 11.2 Å². The van der Waals surface area contributed by atoms with Gasteiger partial charge in [0, 0.05) is 23.7 Å². The second-order valence-corrected chi connectivity index (χ2v) is 5.42. The van der Waals surface area contributed by atoms with Gasteiger partial charge in [-0.05, 0) is 25.0 Å². The van der Waals surface area contributed by atoms with E-state index >= 15 is 0 Å². The number of ether oxygens (including phenoxy) is 1. The van der Waals surface area contributed by atoms with Crippen LogP contribution >= 0.6 is 0 Å². The van der Waals surface area contributed by atoms with Crippen LogP contribution in [0.5, 0.6) is 5.75 Å². The number of benzene rings is 1. The molecule has 1 aromatic carbocycles. The Balaban J connectivity index is 2.00. The summed E-state index contributed by atoms with van der Waals surface area (Å²) >= 11 is 0. The smallest absolute Gasteiger partial charge is 0.165 e. The summed E-state index contributed by atoms with van der Waals surface area (Å²) in [6.07, 6.45) is 5.71. The number of anilines is 1. The summed E-state index contributed by atoms with van der Waals surface area (Å²) in [4.78, 5) is 0. The van der Waals surface area contributed by atoms with E-state index in [1.54, 1.807) is 12.1 Å². The first-order valence-corrected chi connectivity index (χ1v) is 6.87. The van der Waals surface area contributed by atoms with E-state index in [2.05, 4.69) is 5.32 Å². The highest BCUT2D eigenvalue weighted by molar-refractivity contribution is 5.49. The monoisotopic (exact) mass is 267 g/mol. The minimum Gasteiger partial charge on any atom is -0.494 e. The molecule has 0 bridgehead atoms. The van der Waals surface area contributed by atoms with Crippen molar-refractivity contribution in [2.75, 3.05) is 25.6 Å². The highest BCUT2D eigenvalue weighted by Gasteiger charge is 2.31. The summed E-state index contributed by atoms with van der Waals surface area (Å²) in [6.45, 7) is 0.927. The van der Waals surface area contributed by atoms with E-state index in [-0.39, 0.29) is 23.6 Å². The lowest BCUT2D eigenvalue weighted by atomic mass is 9.74. The molecule has 106 valence electrons. The van der Waals surface area contributed by atoms with Gasteiger partial charge in [0.05, 0.1) is 13.7 Å². The van der Waals surface area contributed by atoms with Crippen molar-refractivity contribution >= 4 is 5.69 Å². The molecule has 0 amide bonds. The molecule has 0 radical (unpaired) electrons. The van der Waals surface area contributed by atoms with E-state index in [1.165, 1.54) is 32.4 Å². The van der Waals surface area contributed by atoms with Crippen molar-refractivity contribution in [1.82, 2.24) is 0 Å². The van der Waals surface area contributed by atoms with Crippen LogP contribution in [0.2, 0.25) is 0 Å². The maximum atomic E-state index is 13.3. The Morgan fingerprint density at radius 2 is 2.05 bits per heavy atom. The van der Waals surface area contributed by atoms with Gasteiger partial charge in [0.1, 0.15) is 0 Å². The predicted octanol–water partition coefficient (Wildman–Crippen LogP) is 3.19. The van der Waals surface area contributed by atoms with Crippen molar-refractivity contribution in [2.45, 2.75) is 32.1 Å². The van der Waals surface area contributed by atoms with Crippen LogP contribution in [0.3, 0.4) is 0 Å². The Morgan fingerprint density at radius 1 is 1.32 bits per heavy atom. The van der Waals surface area contributed by atoms with Gasteiger partial charge in [-0.15, -0.1) is 0 Å². The lowest BCUT2D eigenvalue weighted by Crippen LogP contribution is -2.35. The summed E-state index contributed by atoms with van der Waals surface area (Å²) in [5.74, 6) is -0.116. The van der Waals surface area contributed by atoms with Gasteiger partial charge in [0.25, 0.3) is 0 Å². The molecule has 0 unspecified atom stereocenters. The molecule has 2 rings (SSSR count). The molecule has 2 N–H and O–H groups in total. The van der Waals surface area contributed by atoms with Crippen molar-refractivity contribution < 1.29 is 14.2 Å². The van der Waals surface area contributed by atoms with Crippen LogP contribution in [0.25, 0.3) is 0 Å². The fraction of sp³-hybridized carbons (Fsp3) is 0.600. The Labute approximate surface area is 113 Å². The van der Waals surface area contributed by atoms with E-state index in [4.69, 9.17) is 4.74 Å². The first-order chi connectivity index (χ1) is 9.19. The molecule has 0 aliphatic heterocycles. The highest BCUT2D eigenvalue weighted by Crippen LogP contribution is 2.36. The quantitative estimate of drug-likeness (QED) is 0.861. The molecule has 19 heavy (non-hydrogen) atoms. The van der Waals surface area contributed by atoms with Gasteiger partial charge in [-0.3, -0.25) is 0 Å². The second-order valence-electron chi connectivity index (χ2n) is 5.42. The third-order valence-electron chi connectivity index (χ3n) is 4.07. The van der Waals surface area contributed by atoms with Gasteiger partial charge in [0.15, 0.2) is 11.6 Å². The van der Waals surface area contributed by atoms with Gasteiger partial charge in [0.2, 0.25) is 0 Å². The molecule has 0 aromatic heterocycles. The van der Waals surface area contributed by atoms with Crippen LogP contribution in [0.1, 0.15) is 32.1 Å². The topological polar surface area (TPSA) is 41.5 Å². The van der Waals surface area contributed by atoms with Crippen LogP contribution in [-0.2, 0) is 0 Å². The minimum absolute atomic E-state index is 0.0279. The molecular weight excluding hydrogens is 245 g/mol. The zero-order valence-corrected chi connectivity index (χ0v) is 11.4. The van der Waals surface area contributed by atoms with Crippen LogP contribution < -0.4 is 10.1 Å². The predicted molar refractivity (Wildman–Crippen MR) is 74.0 cm³/mol. The lowest BCUT2D eigenvalue weighted by Gasteiger charge is -2.36. The normalized spacial score (nSPS) is 18.1. The fourth-order valence-electron chi connectivity index (χ4n) is 2.75. The van der Waals surface area contributed by atoms with E-state index in [0.717, 1.165) is 25.1 Å². The Bertz CT molecular complexity index is 417. The molecule has 4 heteroatoms. The number of aliphatic hydroxyl groups is 1. The first kappa shape index (κ1) is 14.1. The largest absolute Gasteiger partial charge is 0.494 e. The molecule has 0 atom stereocenters. The molecule has 0 saturated heterocycles. The van der Waals surface area contributed by atoms with Gasteiger partial charge in [-0.25, -0.2) is 4.39 Å². The second kappa shape index (κ2) is 6.24. The summed E-state index contributed by atoms with van der Waals surface area (Å²) < 4.78 is 18.3. The summed E-state index contributed by atoms with van der Waals surface area (Å²) in [5.41, 5.74) is 0.802. The lowest BCUT2D eigenvalue weighted by molar-refractivity contribution is 0.0944. The summed E-state index contributed by atoms with van der Waals surface area (Å²) in [5, 5.41) is 12.9. The fourth-order valence-corrected chi connectivity index (χ4v) is 2.75. The summed E-state index contributed by atoms with van der Waals surface area (Å²) in [6, 6.07) is 4.75. The third-order valence-corrected chi connectivity index (χ3v) is 4.07. The zero-order chi connectivity index (χ0) is 13.7. The van der Waals surface area contributed by atoms with Crippen LogP contribution in [0.15, 0.2) is 18.2 Å². The Kier molecular flexibility index (Phi) is 4.64. The maximum Gasteiger partial charge on any atom is 0.165 e. The van der Waals surface area contributed by atoms with Crippen molar-refractivity contribution in [3.8, 4) is 5.75 Å². The molecule has 0 spiro atoms. The molecule has 1 aromatic rings. The zero-order valence-electron chi connectivity index (χ0n) is 11.4.